The fourth-order valence-electron chi connectivity index (χ4n) is 5.23. The molecule has 3 aromatic carbocycles. The van der Waals surface area contributed by atoms with Crippen LogP contribution in [-0.2, 0) is 26.2 Å². The topological polar surface area (TPSA) is 105 Å². The lowest BCUT2D eigenvalue weighted by Gasteiger charge is -2.33. The molecule has 43 heavy (non-hydrogen) atoms. The van der Waals surface area contributed by atoms with Gasteiger partial charge in [0.1, 0.15) is 24.1 Å². The van der Waals surface area contributed by atoms with Crippen LogP contribution < -0.4 is 19.1 Å². The van der Waals surface area contributed by atoms with Gasteiger partial charge >= 0.3 is 0 Å². The number of nitrogens with zero attached hydrogens (tertiary/aromatic N) is 2. The van der Waals surface area contributed by atoms with Crippen molar-refractivity contribution in [1.29, 1.82) is 0 Å². The van der Waals surface area contributed by atoms with Crippen LogP contribution in [0.4, 0.5) is 5.69 Å². The highest BCUT2D eigenvalue weighted by Gasteiger charge is 2.34. The highest BCUT2D eigenvalue weighted by molar-refractivity contribution is 7.92. The van der Waals surface area contributed by atoms with Gasteiger partial charge in [-0.25, -0.2) is 8.42 Å². The van der Waals surface area contributed by atoms with Gasteiger partial charge < -0.3 is 19.7 Å². The van der Waals surface area contributed by atoms with Gasteiger partial charge in [-0.2, -0.15) is 0 Å². The van der Waals surface area contributed by atoms with Crippen molar-refractivity contribution in [3.05, 3.63) is 83.4 Å². The first-order valence-corrected chi connectivity index (χ1v) is 16.1. The first kappa shape index (κ1) is 32.2. The van der Waals surface area contributed by atoms with Crippen LogP contribution in [0.2, 0.25) is 5.02 Å². The van der Waals surface area contributed by atoms with E-state index in [1.54, 1.807) is 55.6 Å². The Balaban J connectivity index is 1.70. The predicted molar refractivity (Wildman–Crippen MR) is 167 cm³/mol. The Bertz CT molecular complexity index is 1470. The predicted octanol–water partition coefficient (Wildman–Crippen LogP) is 5.42. The van der Waals surface area contributed by atoms with Crippen molar-refractivity contribution >= 4 is 39.1 Å². The number of amides is 2. The van der Waals surface area contributed by atoms with E-state index in [-0.39, 0.29) is 29.1 Å². The summed E-state index contributed by atoms with van der Waals surface area (Å²) >= 11 is 6.10. The van der Waals surface area contributed by atoms with Crippen molar-refractivity contribution in [2.75, 3.05) is 25.1 Å². The van der Waals surface area contributed by atoms with Gasteiger partial charge in [0.05, 0.1) is 24.8 Å². The smallest absolute Gasteiger partial charge is 0.264 e. The summed E-state index contributed by atoms with van der Waals surface area (Å²) in [4.78, 5) is 29.2. The average molecular weight is 628 g/mol. The molecule has 1 aliphatic rings. The van der Waals surface area contributed by atoms with E-state index < -0.39 is 28.5 Å². The monoisotopic (exact) mass is 627 g/mol. The maximum Gasteiger partial charge on any atom is 0.264 e. The summed E-state index contributed by atoms with van der Waals surface area (Å²) in [7, 11) is -1.14. The molecule has 1 atom stereocenters. The molecule has 11 heteroatoms. The number of carbonyl (C=O) groups excluding carboxylic acids is 2. The van der Waals surface area contributed by atoms with Crippen LogP contribution in [0.3, 0.4) is 0 Å². The molecule has 3 aromatic rings. The molecule has 230 valence electrons. The molecule has 0 aliphatic heterocycles. The van der Waals surface area contributed by atoms with E-state index in [4.69, 9.17) is 21.1 Å². The van der Waals surface area contributed by atoms with E-state index in [0.717, 1.165) is 35.6 Å². The number of halogens is 1. The summed E-state index contributed by atoms with van der Waals surface area (Å²) in [5.74, 6) is 0.397. The Morgan fingerprint density at radius 3 is 2.00 bits per heavy atom. The van der Waals surface area contributed by atoms with Crippen LogP contribution in [0, 0.1) is 0 Å². The molecule has 0 heterocycles. The summed E-state index contributed by atoms with van der Waals surface area (Å²) < 4.78 is 39.5. The number of nitrogens with one attached hydrogen (secondary N) is 1. The Hall–Kier alpha value is -3.76. The third kappa shape index (κ3) is 8.00. The molecule has 2 amide bonds. The summed E-state index contributed by atoms with van der Waals surface area (Å²) in [5.41, 5.74) is 1.04. The normalized spacial score (nSPS) is 14.1. The first-order valence-electron chi connectivity index (χ1n) is 14.3. The fraction of sp³-hybridized carbons (Fsp3) is 0.375. The van der Waals surface area contributed by atoms with Gasteiger partial charge in [0.2, 0.25) is 11.8 Å². The lowest BCUT2D eigenvalue weighted by atomic mass is 10.1. The molecule has 1 N–H and O–H groups in total. The second-order valence-corrected chi connectivity index (χ2v) is 12.7. The van der Waals surface area contributed by atoms with E-state index >= 15 is 0 Å². The quantitative estimate of drug-likeness (QED) is 0.271. The minimum Gasteiger partial charge on any atom is -0.497 e. The van der Waals surface area contributed by atoms with Crippen LogP contribution in [0.25, 0.3) is 0 Å². The van der Waals surface area contributed by atoms with Crippen LogP contribution in [0.5, 0.6) is 11.5 Å². The molecule has 0 bridgehead atoms. The maximum atomic E-state index is 14.2. The molecule has 0 spiro atoms. The first-order chi connectivity index (χ1) is 20.7. The Morgan fingerprint density at radius 2 is 1.47 bits per heavy atom. The van der Waals surface area contributed by atoms with Crippen molar-refractivity contribution in [2.24, 2.45) is 0 Å². The van der Waals surface area contributed by atoms with Gasteiger partial charge in [-0.1, -0.05) is 43.5 Å². The van der Waals surface area contributed by atoms with E-state index in [2.05, 4.69) is 5.32 Å². The highest BCUT2D eigenvalue weighted by atomic mass is 35.5. The zero-order valence-corrected chi connectivity index (χ0v) is 26.2. The summed E-state index contributed by atoms with van der Waals surface area (Å²) in [6.45, 7) is 1.42. The van der Waals surface area contributed by atoms with E-state index in [0.29, 0.717) is 22.9 Å². The van der Waals surface area contributed by atoms with Crippen molar-refractivity contribution in [1.82, 2.24) is 10.2 Å². The molecule has 0 saturated heterocycles. The third-order valence-corrected chi connectivity index (χ3v) is 9.68. The number of hydrogen-bond acceptors (Lipinski definition) is 6. The SMILES string of the molecule is CCC(C(=O)NC1CCCC1)N(Cc1ccc(OC)cc1)C(=O)CN(c1ccc(Cl)cc1)S(=O)(=O)c1ccc(OC)cc1. The molecule has 4 rings (SSSR count). The zero-order valence-electron chi connectivity index (χ0n) is 24.7. The van der Waals surface area contributed by atoms with E-state index in [9.17, 15) is 18.0 Å². The van der Waals surface area contributed by atoms with Gasteiger partial charge in [0.15, 0.2) is 0 Å². The molecule has 0 radical (unpaired) electrons. The lowest BCUT2D eigenvalue weighted by Crippen LogP contribution is -2.53. The number of ether oxygens (including phenoxy) is 2. The van der Waals surface area contributed by atoms with E-state index in [1.807, 2.05) is 19.1 Å². The third-order valence-electron chi connectivity index (χ3n) is 7.64. The number of rotatable bonds is 13. The molecule has 1 unspecified atom stereocenters. The summed E-state index contributed by atoms with van der Waals surface area (Å²) in [6.07, 6.45) is 4.26. The number of carbonyl (C=O) groups is 2. The fourth-order valence-corrected chi connectivity index (χ4v) is 6.77. The molecule has 9 nitrogen and oxygen atoms in total. The minimum atomic E-state index is -4.20. The van der Waals surface area contributed by atoms with Gasteiger partial charge in [0, 0.05) is 17.6 Å². The summed E-state index contributed by atoms with van der Waals surface area (Å²) in [5, 5.41) is 3.54. The number of hydrogen-bond donors (Lipinski definition) is 1. The van der Waals surface area contributed by atoms with Gasteiger partial charge in [-0.05, 0) is 85.5 Å². The van der Waals surface area contributed by atoms with Crippen LogP contribution in [0.15, 0.2) is 77.7 Å². The van der Waals surface area contributed by atoms with Gasteiger partial charge in [0.25, 0.3) is 10.0 Å². The standard InChI is InChI=1S/C32H38ClN3O6S/c1-4-30(32(38)34-25-7-5-6-8-25)35(21-23-9-15-27(41-2)16-10-23)31(37)22-36(26-13-11-24(33)12-14-26)43(39,40)29-19-17-28(42-3)18-20-29/h9-20,25,30H,4-8,21-22H2,1-3H3,(H,34,38). The molecule has 1 fully saturated rings. The molecule has 1 aliphatic carbocycles. The number of anilines is 1. The van der Waals surface area contributed by atoms with Crippen molar-refractivity contribution in [3.63, 3.8) is 0 Å². The number of benzene rings is 3. The summed E-state index contributed by atoms with van der Waals surface area (Å²) in [6, 6.07) is 18.7. The molecular formula is C32H38ClN3O6S. The van der Waals surface area contributed by atoms with Crippen molar-refractivity contribution in [2.45, 2.75) is 62.6 Å². The second kappa shape index (κ2) is 14.6. The maximum absolute atomic E-state index is 14.2. The van der Waals surface area contributed by atoms with Crippen LogP contribution in [-0.4, -0.2) is 58.0 Å². The Morgan fingerprint density at radius 1 is 0.907 bits per heavy atom. The second-order valence-electron chi connectivity index (χ2n) is 10.4. The molecular weight excluding hydrogens is 590 g/mol. The van der Waals surface area contributed by atoms with Gasteiger partial charge in [-0.3, -0.25) is 13.9 Å². The van der Waals surface area contributed by atoms with Crippen LogP contribution >= 0.6 is 11.6 Å². The lowest BCUT2D eigenvalue weighted by molar-refractivity contribution is -0.140. The Kier molecular flexibility index (Phi) is 10.9. The molecule has 0 aromatic heterocycles. The van der Waals surface area contributed by atoms with Crippen LogP contribution in [0.1, 0.15) is 44.6 Å². The average Bonchev–Trinajstić information content (AvgIpc) is 3.53. The number of methoxy groups -OCH3 is 2. The zero-order chi connectivity index (χ0) is 31.0. The number of sulfonamides is 1. The highest BCUT2D eigenvalue weighted by Crippen LogP contribution is 2.28. The Labute approximate surface area is 258 Å². The van der Waals surface area contributed by atoms with Gasteiger partial charge in [-0.15, -0.1) is 0 Å². The van der Waals surface area contributed by atoms with E-state index in [1.165, 1.54) is 24.1 Å². The minimum absolute atomic E-state index is 0.0104. The van der Waals surface area contributed by atoms with Crippen molar-refractivity contribution in [3.8, 4) is 11.5 Å². The largest absolute Gasteiger partial charge is 0.497 e. The molecule has 1 saturated carbocycles. The van der Waals surface area contributed by atoms with Crippen molar-refractivity contribution < 1.29 is 27.5 Å².